The molecule has 4 nitrogen and oxygen atoms in total. The number of rotatable bonds is 14. The molecule has 0 fully saturated rings. The maximum Gasteiger partial charge on any atom is 0.229 e. The molecule has 2 amide bonds. The average Bonchev–Trinajstić information content (AvgIpc) is 2.51. The lowest BCUT2D eigenvalue weighted by Crippen LogP contribution is -2.40. The second kappa shape index (κ2) is 15.0. The Morgan fingerprint density at radius 2 is 1.14 bits per heavy atom. The third-order valence-corrected chi connectivity index (χ3v) is 3.94. The van der Waals surface area contributed by atoms with Crippen molar-refractivity contribution in [1.29, 1.82) is 0 Å². The molecule has 22 heavy (non-hydrogen) atoms. The first kappa shape index (κ1) is 21.1. The number of amides is 2. The normalized spacial score (nSPS) is 10.7. The highest BCUT2D eigenvalue weighted by Gasteiger charge is 2.19. The molecule has 0 spiro atoms. The summed E-state index contributed by atoms with van der Waals surface area (Å²) in [5.74, 6) is -0.0824. The summed E-state index contributed by atoms with van der Waals surface area (Å²) in [4.78, 5) is 25.8. The lowest BCUT2D eigenvalue weighted by atomic mass is 10.1. The van der Waals surface area contributed by atoms with Crippen LogP contribution in [0, 0.1) is 0 Å². The van der Waals surface area contributed by atoms with E-state index >= 15 is 0 Å². The fourth-order valence-corrected chi connectivity index (χ4v) is 2.55. The van der Waals surface area contributed by atoms with Gasteiger partial charge in [0.2, 0.25) is 11.8 Å². The van der Waals surface area contributed by atoms with E-state index in [1.165, 1.54) is 43.4 Å². The predicted molar refractivity (Wildman–Crippen MR) is 92.5 cm³/mol. The Hall–Kier alpha value is -0.900. The van der Waals surface area contributed by atoms with Crippen LogP contribution in [0.25, 0.3) is 0 Å². The second-order valence-electron chi connectivity index (χ2n) is 6.06. The van der Waals surface area contributed by atoms with E-state index in [0.29, 0.717) is 25.9 Å². The third kappa shape index (κ3) is 10.8. The van der Waals surface area contributed by atoms with Crippen LogP contribution in [0.4, 0.5) is 0 Å². The number of nitrogens with two attached hydrogens (primary N) is 1. The molecule has 0 bridgehead atoms. The van der Waals surface area contributed by atoms with E-state index in [-0.39, 0.29) is 11.8 Å². The third-order valence-electron chi connectivity index (χ3n) is 3.94. The van der Waals surface area contributed by atoms with Crippen LogP contribution in [0.15, 0.2) is 0 Å². The van der Waals surface area contributed by atoms with Gasteiger partial charge in [0.1, 0.15) is 0 Å². The fourth-order valence-electron chi connectivity index (χ4n) is 2.55. The van der Waals surface area contributed by atoms with Crippen molar-refractivity contribution in [3.8, 4) is 0 Å². The minimum Gasteiger partial charge on any atom is -0.329 e. The summed E-state index contributed by atoms with van der Waals surface area (Å²) >= 11 is 0. The summed E-state index contributed by atoms with van der Waals surface area (Å²) in [6, 6.07) is 0. The van der Waals surface area contributed by atoms with Crippen LogP contribution in [0.5, 0.6) is 0 Å². The molecule has 0 radical (unpaired) electrons. The van der Waals surface area contributed by atoms with Crippen molar-refractivity contribution >= 4 is 11.8 Å². The number of hydrogen-bond acceptors (Lipinski definition) is 3. The standard InChI is InChI=1S/C18H36N2O2/c1-3-5-7-9-11-13-17(21)20(16-15-19)18(22)14-12-10-8-6-4-2/h3-16,19H2,1-2H3. The Balaban J connectivity index is 4.03. The average molecular weight is 312 g/mol. The number of nitrogens with zero attached hydrogens (tertiary/aromatic N) is 1. The number of imide groups is 1. The van der Waals surface area contributed by atoms with E-state index in [9.17, 15) is 9.59 Å². The number of unbranched alkanes of at least 4 members (excludes halogenated alkanes) is 8. The van der Waals surface area contributed by atoms with Gasteiger partial charge in [0.25, 0.3) is 0 Å². The molecule has 0 unspecified atom stereocenters. The van der Waals surface area contributed by atoms with Gasteiger partial charge < -0.3 is 5.73 Å². The van der Waals surface area contributed by atoms with Crippen molar-refractivity contribution < 1.29 is 9.59 Å². The summed E-state index contributed by atoms with van der Waals surface area (Å²) in [6.07, 6.45) is 12.0. The summed E-state index contributed by atoms with van der Waals surface area (Å²) in [5.41, 5.74) is 5.55. The van der Waals surface area contributed by atoms with Crippen LogP contribution in [0.1, 0.15) is 90.9 Å². The zero-order valence-corrected chi connectivity index (χ0v) is 14.7. The molecule has 0 saturated carbocycles. The number of carbonyl (C=O) groups is 2. The van der Waals surface area contributed by atoms with E-state index in [2.05, 4.69) is 13.8 Å². The van der Waals surface area contributed by atoms with E-state index in [4.69, 9.17) is 5.73 Å². The maximum absolute atomic E-state index is 12.2. The monoisotopic (exact) mass is 312 g/mol. The summed E-state index contributed by atoms with van der Waals surface area (Å²) < 4.78 is 0. The molecule has 0 aromatic heterocycles. The molecule has 0 aliphatic rings. The van der Waals surface area contributed by atoms with Gasteiger partial charge in [-0.3, -0.25) is 14.5 Å². The molecular weight excluding hydrogens is 276 g/mol. The highest BCUT2D eigenvalue weighted by atomic mass is 16.2. The van der Waals surface area contributed by atoms with Gasteiger partial charge >= 0.3 is 0 Å². The molecule has 130 valence electrons. The van der Waals surface area contributed by atoms with Gasteiger partial charge in [0, 0.05) is 25.9 Å². The largest absolute Gasteiger partial charge is 0.329 e. The summed E-state index contributed by atoms with van der Waals surface area (Å²) in [6.45, 7) is 5.06. The molecule has 0 aromatic rings. The Labute approximate surface area is 136 Å². The van der Waals surface area contributed by atoms with Gasteiger partial charge in [-0.25, -0.2) is 0 Å². The van der Waals surface area contributed by atoms with Crippen LogP contribution in [-0.4, -0.2) is 29.8 Å². The highest BCUT2D eigenvalue weighted by Crippen LogP contribution is 2.10. The first-order valence-corrected chi connectivity index (χ1v) is 9.20. The Morgan fingerprint density at radius 3 is 1.50 bits per heavy atom. The van der Waals surface area contributed by atoms with E-state index in [0.717, 1.165) is 25.7 Å². The minimum absolute atomic E-state index is 0.0412. The fraction of sp³-hybridized carbons (Fsp3) is 0.889. The molecule has 0 aromatic carbocycles. The first-order valence-electron chi connectivity index (χ1n) is 9.20. The van der Waals surface area contributed by atoms with E-state index in [1.54, 1.807) is 0 Å². The van der Waals surface area contributed by atoms with Crippen molar-refractivity contribution in [2.75, 3.05) is 13.1 Å². The zero-order chi connectivity index (χ0) is 16.6. The van der Waals surface area contributed by atoms with Gasteiger partial charge in [-0.05, 0) is 12.8 Å². The van der Waals surface area contributed by atoms with Gasteiger partial charge in [-0.2, -0.15) is 0 Å². The van der Waals surface area contributed by atoms with Crippen molar-refractivity contribution in [3.63, 3.8) is 0 Å². The molecule has 0 saturated heterocycles. The van der Waals surface area contributed by atoms with Crippen molar-refractivity contribution in [2.45, 2.75) is 90.9 Å². The predicted octanol–water partition coefficient (Wildman–Crippen LogP) is 4.02. The SMILES string of the molecule is CCCCCCCC(=O)N(CCN)C(=O)CCCCCCC. The van der Waals surface area contributed by atoms with Gasteiger partial charge in [0.05, 0.1) is 0 Å². The first-order chi connectivity index (χ1) is 10.7. The Morgan fingerprint density at radius 1 is 0.727 bits per heavy atom. The second-order valence-corrected chi connectivity index (χ2v) is 6.06. The van der Waals surface area contributed by atoms with Crippen LogP contribution >= 0.6 is 0 Å². The molecule has 0 aliphatic heterocycles. The smallest absolute Gasteiger partial charge is 0.229 e. The van der Waals surface area contributed by atoms with Gasteiger partial charge in [-0.1, -0.05) is 65.2 Å². The number of carbonyl (C=O) groups excluding carboxylic acids is 2. The van der Waals surface area contributed by atoms with Crippen LogP contribution < -0.4 is 5.73 Å². The van der Waals surface area contributed by atoms with Crippen LogP contribution in [0.3, 0.4) is 0 Å². The lowest BCUT2D eigenvalue weighted by molar-refractivity contribution is -0.144. The molecule has 4 heteroatoms. The van der Waals surface area contributed by atoms with Crippen molar-refractivity contribution in [3.05, 3.63) is 0 Å². The van der Waals surface area contributed by atoms with Crippen molar-refractivity contribution in [2.24, 2.45) is 5.73 Å². The quantitative estimate of drug-likeness (QED) is 0.493. The molecular formula is C18H36N2O2. The zero-order valence-electron chi connectivity index (χ0n) is 14.7. The highest BCUT2D eigenvalue weighted by molar-refractivity contribution is 5.95. The lowest BCUT2D eigenvalue weighted by Gasteiger charge is -2.20. The molecule has 0 rings (SSSR count). The van der Waals surface area contributed by atoms with Gasteiger partial charge in [0.15, 0.2) is 0 Å². The van der Waals surface area contributed by atoms with Crippen LogP contribution in [-0.2, 0) is 9.59 Å². The van der Waals surface area contributed by atoms with Crippen molar-refractivity contribution in [1.82, 2.24) is 4.90 Å². The van der Waals surface area contributed by atoms with Gasteiger partial charge in [-0.15, -0.1) is 0 Å². The molecule has 0 heterocycles. The number of hydrogen-bond donors (Lipinski definition) is 1. The molecule has 2 N–H and O–H groups in total. The van der Waals surface area contributed by atoms with E-state index in [1.807, 2.05) is 0 Å². The Kier molecular flexibility index (Phi) is 14.4. The topological polar surface area (TPSA) is 63.4 Å². The summed E-state index contributed by atoms with van der Waals surface area (Å²) in [5, 5.41) is 0. The van der Waals surface area contributed by atoms with Crippen LogP contribution in [0.2, 0.25) is 0 Å². The maximum atomic E-state index is 12.2. The molecule has 0 atom stereocenters. The van der Waals surface area contributed by atoms with E-state index < -0.39 is 0 Å². The minimum atomic E-state index is -0.0412. The molecule has 0 aliphatic carbocycles. The summed E-state index contributed by atoms with van der Waals surface area (Å²) in [7, 11) is 0. The Bertz CT molecular complexity index is 267.